The molecule has 1 aliphatic heterocycles. The van der Waals surface area contributed by atoms with E-state index in [-0.39, 0.29) is 57.7 Å². The number of hydrogen-bond acceptors (Lipinski definition) is 19. The number of nitrogens with two attached hydrogens (primary N) is 3. The van der Waals surface area contributed by atoms with E-state index in [0.717, 1.165) is 46.5 Å². The minimum atomic E-state index is -1.93. The van der Waals surface area contributed by atoms with E-state index in [1.807, 2.05) is 6.92 Å². The highest BCUT2D eigenvalue weighted by Crippen LogP contribution is 2.10. The molecule has 0 aromatic heterocycles. The summed E-state index contributed by atoms with van der Waals surface area (Å²) in [4.78, 5) is 150. The largest absolute Gasteiger partial charge is 0.394 e. The van der Waals surface area contributed by atoms with Crippen LogP contribution in [0, 0.1) is 5.92 Å². The second kappa shape index (κ2) is 36.9. The average Bonchev–Trinajstić information content (AvgIpc) is 3.37. The van der Waals surface area contributed by atoms with Gasteiger partial charge in [0.25, 0.3) is 0 Å². The molecule has 11 amide bonds. The van der Waals surface area contributed by atoms with Gasteiger partial charge in [0.15, 0.2) is 0 Å². The molecule has 1 heterocycles. The molecule has 0 aromatic carbocycles. The lowest BCUT2D eigenvalue weighted by atomic mass is 10.0. The third-order valence-corrected chi connectivity index (χ3v) is 12.3. The first-order valence-corrected chi connectivity index (χ1v) is 26.5. The van der Waals surface area contributed by atoms with Gasteiger partial charge >= 0.3 is 0 Å². The number of carbonyl (C=O) groups is 11. The smallest absolute Gasteiger partial charge is 0.245 e. The minimum Gasteiger partial charge on any atom is -0.394 e. The Morgan fingerprint density at radius 1 is 0.577 bits per heavy atom. The monoisotopic (exact) mass is 1120 g/mol. The first-order chi connectivity index (χ1) is 36.8. The van der Waals surface area contributed by atoms with Gasteiger partial charge in [-0.2, -0.15) is 0 Å². The first-order valence-electron chi connectivity index (χ1n) is 26.5. The molecule has 1 rings (SSSR count). The van der Waals surface area contributed by atoms with Crippen LogP contribution >= 0.6 is 0 Å². The van der Waals surface area contributed by atoms with E-state index in [4.69, 9.17) is 17.2 Å². The maximum Gasteiger partial charge on any atom is 0.245 e. The third-order valence-electron chi connectivity index (χ3n) is 12.3. The maximum absolute atomic E-state index is 14.1. The van der Waals surface area contributed by atoms with Crippen LogP contribution in [0.1, 0.15) is 112 Å². The zero-order valence-electron chi connectivity index (χ0n) is 45.6. The molecule has 22 N–H and O–H groups in total. The first kappa shape index (κ1) is 69.9. The molecule has 446 valence electrons. The van der Waals surface area contributed by atoms with Gasteiger partial charge in [0, 0.05) is 13.0 Å². The van der Waals surface area contributed by atoms with Gasteiger partial charge in [-0.3, -0.25) is 52.7 Å². The van der Waals surface area contributed by atoms with Crippen LogP contribution in [0.5, 0.6) is 0 Å². The van der Waals surface area contributed by atoms with Crippen molar-refractivity contribution in [3.8, 4) is 0 Å². The molecule has 30 heteroatoms. The number of nitrogens with one attached hydrogen (secondary N) is 11. The van der Waals surface area contributed by atoms with E-state index in [1.165, 1.54) is 0 Å². The molecule has 0 aliphatic carbocycles. The Bertz CT molecular complexity index is 1980. The number of hydrogen-bond donors (Lipinski definition) is 19. The van der Waals surface area contributed by atoms with Gasteiger partial charge in [-0.1, -0.05) is 46.5 Å². The van der Waals surface area contributed by atoms with Crippen molar-refractivity contribution < 1.29 is 78.3 Å². The molecule has 0 bridgehead atoms. The normalized spacial score (nSPS) is 23.9. The molecule has 13 atom stereocenters. The fourth-order valence-electron chi connectivity index (χ4n) is 7.86. The molecule has 0 spiro atoms. The summed E-state index contributed by atoms with van der Waals surface area (Å²) in [6.45, 7) is 5.58. The zero-order chi connectivity index (χ0) is 59.2. The molecular formula is C48H88N14O16. The Morgan fingerprint density at radius 3 is 1.60 bits per heavy atom. The number of aliphatic hydroxyl groups is 5. The lowest BCUT2D eigenvalue weighted by Crippen LogP contribution is -2.63. The van der Waals surface area contributed by atoms with Crippen LogP contribution in [0.4, 0.5) is 0 Å². The van der Waals surface area contributed by atoms with E-state index in [2.05, 4.69) is 58.5 Å². The zero-order valence-corrected chi connectivity index (χ0v) is 45.6. The van der Waals surface area contributed by atoms with Gasteiger partial charge < -0.3 is 101 Å². The quantitative estimate of drug-likeness (QED) is 0.0358. The molecule has 0 radical (unpaired) electrons. The standard InChI is InChI=1S/C48H88N14O16/c1-7-8-9-10-11-12-35(68)53-28(13-17-49)41(71)61-38(27(6)67)48(78)59-34(23-64)44(74)55-31-16-20-52-46(76)36(25(4)65)60-42(72)30(15-19-51)54-39(69)29(14-18-50)56-47(77)37(26(5)66)62-43(73)32(21-24(2)3)57-45(75)33(22-63)58-40(31)70/h24-34,36-38,63-67H,7-23,49-51H2,1-6H3,(H,52,76)(H,53,68)(H,54,69)(H,55,74)(H,56,77)(H,57,75)(H,58,70)(H,59,78)(H,60,72)(H,61,71)(H,62,73)/t25-,26-,27-,28+,29+,30+,31+,32-,33+,34?,36+,37+,38+/m1/s1. The summed E-state index contributed by atoms with van der Waals surface area (Å²) in [6.07, 6.45) is -1.65. The summed E-state index contributed by atoms with van der Waals surface area (Å²) in [7, 11) is 0. The van der Waals surface area contributed by atoms with Crippen LogP contribution in [0.25, 0.3) is 0 Å². The lowest BCUT2D eigenvalue weighted by molar-refractivity contribution is -0.138. The number of amides is 11. The van der Waals surface area contributed by atoms with Crippen molar-refractivity contribution in [2.75, 3.05) is 39.4 Å². The molecule has 1 fully saturated rings. The Balaban J connectivity index is 3.71. The van der Waals surface area contributed by atoms with Gasteiger partial charge in [0.2, 0.25) is 65.0 Å². The van der Waals surface area contributed by atoms with E-state index < -0.39 is 170 Å². The van der Waals surface area contributed by atoms with Crippen LogP contribution in [0.2, 0.25) is 0 Å². The number of rotatable bonds is 26. The maximum atomic E-state index is 14.1. The molecular weight excluding hydrogens is 1030 g/mol. The molecule has 0 aromatic rings. The average molecular weight is 1120 g/mol. The predicted octanol–water partition coefficient (Wildman–Crippen LogP) is -8.07. The van der Waals surface area contributed by atoms with Crippen LogP contribution in [-0.2, 0) is 52.7 Å². The lowest BCUT2D eigenvalue weighted by Gasteiger charge is -2.29. The molecule has 1 saturated heterocycles. The second-order valence-corrected chi connectivity index (χ2v) is 19.6. The van der Waals surface area contributed by atoms with Crippen molar-refractivity contribution in [2.24, 2.45) is 23.1 Å². The summed E-state index contributed by atoms with van der Waals surface area (Å²) in [5.74, 6) is -11.7. The van der Waals surface area contributed by atoms with Crippen LogP contribution in [0.15, 0.2) is 0 Å². The Kier molecular flexibility index (Phi) is 33.0. The summed E-state index contributed by atoms with van der Waals surface area (Å²) < 4.78 is 0. The van der Waals surface area contributed by atoms with E-state index >= 15 is 0 Å². The van der Waals surface area contributed by atoms with Gasteiger partial charge in [0.1, 0.15) is 60.4 Å². The molecule has 78 heavy (non-hydrogen) atoms. The van der Waals surface area contributed by atoms with Crippen LogP contribution in [0.3, 0.4) is 0 Å². The van der Waals surface area contributed by atoms with Crippen molar-refractivity contribution in [3.05, 3.63) is 0 Å². The van der Waals surface area contributed by atoms with Gasteiger partial charge in [-0.25, -0.2) is 0 Å². The highest BCUT2D eigenvalue weighted by Gasteiger charge is 2.38. The highest BCUT2D eigenvalue weighted by molar-refractivity contribution is 5.99. The van der Waals surface area contributed by atoms with E-state index in [9.17, 15) is 78.3 Å². The fourth-order valence-corrected chi connectivity index (χ4v) is 7.86. The predicted molar refractivity (Wildman–Crippen MR) is 280 cm³/mol. The van der Waals surface area contributed by atoms with Gasteiger partial charge in [0.05, 0.1) is 31.5 Å². The number of unbranched alkanes of at least 4 members (excludes halogenated alkanes) is 4. The number of aliphatic hydroxyl groups excluding tert-OH is 5. The van der Waals surface area contributed by atoms with E-state index in [1.54, 1.807) is 13.8 Å². The summed E-state index contributed by atoms with van der Waals surface area (Å²) >= 11 is 0. The Morgan fingerprint density at radius 2 is 1.09 bits per heavy atom. The van der Waals surface area contributed by atoms with Crippen molar-refractivity contribution in [3.63, 3.8) is 0 Å². The van der Waals surface area contributed by atoms with Crippen molar-refractivity contribution in [1.29, 1.82) is 0 Å². The number of carbonyl (C=O) groups excluding carboxylic acids is 11. The SMILES string of the molecule is CCCCCCCC(=O)N[C@@H](CCN)C(=O)N[C@H](C(=O)NC(CO)C(=O)N[C@H]1CCNC(=O)[C@H]([C@@H](C)O)NC(=O)[C@H](CCN)NC(=O)[C@H](CCN)NC(=O)[C@H]([C@@H](C)O)NC(=O)[C@@H](CC(C)C)NC(=O)[C@H](CO)NC1=O)[C@@H](C)O. The summed E-state index contributed by atoms with van der Waals surface area (Å²) in [6, 6.07) is -16.6. The van der Waals surface area contributed by atoms with Crippen molar-refractivity contribution >= 4 is 65.0 Å². The topological polar surface area (TPSA) is 499 Å². The van der Waals surface area contributed by atoms with Gasteiger partial charge in [-0.05, 0) is 84.8 Å². The summed E-state index contributed by atoms with van der Waals surface area (Å²) in [5.41, 5.74) is 17.2. The Labute approximate surface area is 454 Å². The Hall–Kier alpha value is -6.15. The fraction of sp³-hybridized carbons (Fsp3) is 0.771. The van der Waals surface area contributed by atoms with Crippen LogP contribution in [-0.4, -0.2) is 209 Å². The molecule has 0 saturated carbocycles. The summed E-state index contributed by atoms with van der Waals surface area (Å²) in [5, 5.41) is 78.5. The second-order valence-electron chi connectivity index (χ2n) is 19.6. The van der Waals surface area contributed by atoms with Crippen molar-refractivity contribution in [1.82, 2.24) is 58.5 Å². The van der Waals surface area contributed by atoms with E-state index in [0.29, 0.717) is 6.42 Å². The molecule has 30 nitrogen and oxygen atoms in total. The molecule has 1 unspecified atom stereocenters. The van der Waals surface area contributed by atoms with Gasteiger partial charge in [-0.15, -0.1) is 0 Å². The third kappa shape index (κ3) is 24.7. The minimum absolute atomic E-state index is 0.0518. The molecule has 1 aliphatic rings. The highest BCUT2D eigenvalue weighted by atomic mass is 16.3. The van der Waals surface area contributed by atoms with Crippen LogP contribution < -0.4 is 75.7 Å². The van der Waals surface area contributed by atoms with Crippen molar-refractivity contribution in [2.45, 2.75) is 191 Å².